The molecule has 0 spiro atoms. The van der Waals surface area contributed by atoms with E-state index in [0.717, 1.165) is 66.9 Å². The van der Waals surface area contributed by atoms with Gasteiger partial charge in [0.15, 0.2) is 5.16 Å². The second-order valence-corrected chi connectivity index (χ2v) is 10.5. The summed E-state index contributed by atoms with van der Waals surface area (Å²) in [7, 11) is 4.10. The van der Waals surface area contributed by atoms with Gasteiger partial charge in [-0.1, -0.05) is 18.2 Å². The maximum absolute atomic E-state index is 13.5. The Morgan fingerprint density at radius 3 is 2.71 bits per heavy atom. The predicted molar refractivity (Wildman–Crippen MR) is 117 cm³/mol. The van der Waals surface area contributed by atoms with Gasteiger partial charge in [0.2, 0.25) is 0 Å². The molecule has 0 aromatic carbocycles. The minimum absolute atomic E-state index is 0.0483. The van der Waals surface area contributed by atoms with Crippen molar-refractivity contribution >= 4 is 39.1 Å². The van der Waals surface area contributed by atoms with Gasteiger partial charge in [-0.2, -0.15) is 0 Å². The van der Waals surface area contributed by atoms with Crippen molar-refractivity contribution in [1.29, 1.82) is 0 Å². The van der Waals surface area contributed by atoms with Crippen molar-refractivity contribution in [2.24, 2.45) is 0 Å². The van der Waals surface area contributed by atoms with E-state index >= 15 is 0 Å². The molecule has 0 bridgehead atoms. The zero-order valence-electron chi connectivity index (χ0n) is 16.8. The molecule has 0 aliphatic heterocycles. The molecule has 2 aromatic heterocycles. The number of thiophene rings is 1. The first-order chi connectivity index (χ1) is 13.5. The zero-order chi connectivity index (χ0) is 19.7. The van der Waals surface area contributed by atoms with E-state index in [0.29, 0.717) is 18.7 Å². The highest BCUT2D eigenvalue weighted by molar-refractivity contribution is 8.00. The monoisotopic (exact) mass is 419 g/mol. The van der Waals surface area contributed by atoms with Gasteiger partial charge in [-0.25, -0.2) is 4.98 Å². The standard InChI is InChI=1S/C21H29N3O2S2/c1-23(2)12-7-13-24-20(26)18-14-8-3-5-10-16(14)27-19(18)22-21(24)28-17-11-6-4-9-15(17)25/h17H,3-13H2,1-2H3. The molecule has 1 saturated carbocycles. The Morgan fingerprint density at radius 2 is 1.93 bits per heavy atom. The summed E-state index contributed by atoms with van der Waals surface area (Å²) in [5, 5.41) is 1.55. The van der Waals surface area contributed by atoms with Gasteiger partial charge in [0, 0.05) is 17.8 Å². The molecule has 1 unspecified atom stereocenters. The molecule has 2 aromatic rings. The first-order valence-corrected chi connectivity index (χ1v) is 12.1. The normalized spacial score (nSPS) is 20.1. The van der Waals surface area contributed by atoms with E-state index < -0.39 is 0 Å². The molecule has 4 rings (SSSR count). The quantitative estimate of drug-likeness (QED) is 0.665. The summed E-state index contributed by atoms with van der Waals surface area (Å²) >= 11 is 3.23. The van der Waals surface area contributed by atoms with Gasteiger partial charge in [0.05, 0.1) is 10.6 Å². The summed E-state index contributed by atoms with van der Waals surface area (Å²) in [6, 6.07) is 0. The second kappa shape index (κ2) is 8.67. The Morgan fingerprint density at radius 1 is 1.14 bits per heavy atom. The van der Waals surface area contributed by atoms with Crippen molar-refractivity contribution in [3.05, 3.63) is 20.8 Å². The molecule has 0 N–H and O–H groups in total. The van der Waals surface area contributed by atoms with Crippen molar-refractivity contribution in [3.8, 4) is 0 Å². The second-order valence-electron chi connectivity index (χ2n) is 8.22. The smallest absolute Gasteiger partial charge is 0.263 e. The van der Waals surface area contributed by atoms with Crippen molar-refractivity contribution in [1.82, 2.24) is 14.5 Å². The van der Waals surface area contributed by atoms with Crippen LogP contribution in [0.4, 0.5) is 0 Å². The molecule has 152 valence electrons. The topological polar surface area (TPSA) is 55.2 Å². The number of aromatic nitrogens is 2. The summed E-state index contributed by atoms with van der Waals surface area (Å²) in [6.07, 6.45) is 8.98. The largest absolute Gasteiger partial charge is 0.309 e. The SMILES string of the molecule is CN(C)CCCn1c(SC2CCCCC2=O)nc2sc3c(c2c1=O)CCCC3. The van der Waals surface area contributed by atoms with Crippen LogP contribution >= 0.6 is 23.1 Å². The summed E-state index contributed by atoms with van der Waals surface area (Å²) in [5.74, 6) is 0.316. The molecular weight excluding hydrogens is 390 g/mol. The number of hydrogen-bond donors (Lipinski definition) is 0. The number of thioether (sulfide) groups is 1. The highest BCUT2D eigenvalue weighted by Gasteiger charge is 2.27. The number of fused-ring (bicyclic) bond motifs is 3. The Hall–Kier alpha value is -1.18. The van der Waals surface area contributed by atoms with Crippen LogP contribution in [0.5, 0.6) is 0 Å². The summed E-state index contributed by atoms with van der Waals surface area (Å²) in [6.45, 7) is 1.59. The van der Waals surface area contributed by atoms with Crippen LogP contribution in [0.25, 0.3) is 10.2 Å². The third kappa shape index (κ3) is 4.07. The van der Waals surface area contributed by atoms with Crippen LogP contribution in [-0.2, 0) is 24.2 Å². The van der Waals surface area contributed by atoms with Crippen molar-refractivity contribution in [3.63, 3.8) is 0 Å². The number of rotatable bonds is 6. The summed E-state index contributed by atoms with van der Waals surface area (Å²) in [5.41, 5.74) is 1.35. The van der Waals surface area contributed by atoms with Gasteiger partial charge < -0.3 is 4.90 Å². The van der Waals surface area contributed by atoms with Gasteiger partial charge >= 0.3 is 0 Å². The fraction of sp³-hybridized carbons (Fsp3) is 0.667. The van der Waals surface area contributed by atoms with Crippen molar-refractivity contribution < 1.29 is 4.79 Å². The highest BCUT2D eigenvalue weighted by Crippen LogP contribution is 2.36. The number of nitrogens with zero attached hydrogens (tertiary/aromatic N) is 3. The summed E-state index contributed by atoms with van der Waals surface area (Å²) in [4.78, 5) is 35.2. The first kappa shape index (κ1) is 20.1. The first-order valence-electron chi connectivity index (χ1n) is 10.4. The number of hydrogen-bond acceptors (Lipinski definition) is 6. The molecule has 7 heteroatoms. The molecule has 0 amide bonds. The van der Waals surface area contributed by atoms with E-state index in [1.165, 1.54) is 28.6 Å². The zero-order valence-corrected chi connectivity index (χ0v) is 18.5. The fourth-order valence-corrected chi connectivity index (χ4v) is 6.80. The van der Waals surface area contributed by atoms with E-state index in [2.05, 4.69) is 19.0 Å². The Bertz CT molecular complexity index is 932. The van der Waals surface area contributed by atoms with Gasteiger partial charge in [-0.3, -0.25) is 14.2 Å². The molecule has 1 atom stereocenters. The van der Waals surface area contributed by atoms with Gasteiger partial charge in [0.1, 0.15) is 10.6 Å². The van der Waals surface area contributed by atoms with Gasteiger partial charge in [-0.15, -0.1) is 11.3 Å². The molecule has 2 heterocycles. The lowest BCUT2D eigenvalue weighted by Crippen LogP contribution is -2.28. The number of carbonyl (C=O) groups excluding carboxylic acids is 1. The van der Waals surface area contributed by atoms with Crippen LogP contribution in [0.1, 0.15) is 55.4 Å². The van der Waals surface area contributed by atoms with Gasteiger partial charge in [-0.05, 0) is 71.1 Å². The predicted octanol–water partition coefficient (Wildman–Crippen LogP) is 3.89. The van der Waals surface area contributed by atoms with E-state index in [4.69, 9.17) is 4.98 Å². The maximum atomic E-state index is 13.5. The van der Waals surface area contributed by atoms with Crippen LogP contribution in [0.15, 0.2) is 9.95 Å². The molecule has 5 nitrogen and oxygen atoms in total. The van der Waals surface area contributed by atoms with E-state index in [9.17, 15) is 9.59 Å². The third-order valence-corrected chi connectivity index (χ3v) is 8.26. The van der Waals surface area contributed by atoms with E-state index in [1.54, 1.807) is 11.3 Å². The van der Waals surface area contributed by atoms with Crippen LogP contribution in [0.3, 0.4) is 0 Å². The average Bonchev–Trinajstić information content (AvgIpc) is 3.04. The van der Waals surface area contributed by atoms with Gasteiger partial charge in [0.25, 0.3) is 5.56 Å². The lowest BCUT2D eigenvalue weighted by Gasteiger charge is -2.21. The maximum Gasteiger partial charge on any atom is 0.263 e. The number of ketones is 1. The average molecular weight is 420 g/mol. The lowest BCUT2D eigenvalue weighted by atomic mass is 9.97. The molecule has 0 radical (unpaired) electrons. The van der Waals surface area contributed by atoms with Crippen LogP contribution in [-0.4, -0.2) is 46.1 Å². The lowest BCUT2D eigenvalue weighted by molar-refractivity contribution is -0.119. The number of aryl methyl sites for hydroxylation is 2. The molecule has 2 aliphatic carbocycles. The number of carbonyl (C=O) groups is 1. The number of Topliss-reactive ketones (excluding diaryl/α,β-unsaturated/α-hetero) is 1. The summed E-state index contributed by atoms with van der Waals surface area (Å²) < 4.78 is 1.86. The minimum atomic E-state index is -0.0483. The minimum Gasteiger partial charge on any atom is -0.309 e. The molecular formula is C21H29N3O2S2. The van der Waals surface area contributed by atoms with Crippen LogP contribution in [0, 0.1) is 0 Å². The molecule has 28 heavy (non-hydrogen) atoms. The Kier molecular flexibility index (Phi) is 6.23. The van der Waals surface area contributed by atoms with Crippen molar-refractivity contribution in [2.75, 3.05) is 20.6 Å². The highest BCUT2D eigenvalue weighted by atomic mass is 32.2. The molecule has 2 aliphatic rings. The van der Waals surface area contributed by atoms with Crippen LogP contribution in [0.2, 0.25) is 0 Å². The molecule has 1 fully saturated rings. The van der Waals surface area contributed by atoms with Crippen LogP contribution < -0.4 is 5.56 Å². The Labute approximate surface area is 174 Å². The Balaban J connectivity index is 1.74. The molecule has 0 saturated heterocycles. The fourth-order valence-electron chi connectivity index (χ4n) is 4.25. The van der Waals surface area contributed by atoms with Crippen molar-refractivity contribution in [2.45, 2.75) is 74.7 Å². The third-order valence-electron chi connectivity index (χ3n) is 5.77. The van der Waals surface area contributed by atoms with E-state index in [1.807, 2.05) is 4.57 Å². The van der Waals surface area contributed by atoms with E-state index in [-0.39, 0.29) is 10.8 Å².